The van der Waals surface area contributed by atoms with Gasteiger partial charge in [0.25, 0.3) is 0 Å². The summed E-state index contributed by atoms with van der Waals surface area (Å²) in [6, 6.07) is 8.21. The minimum Gasteiger partial charge on any atom is -0.299 e. The molecule has 1 nitrogen and oxygen atoms in total. The van der Waals surface area contributed by atoms with E-state index < -0.39 is 0 Å². The molecule has 0 aromatic heterocycles. The molecular formula is C13H18ClN. The zero-order valence-electron chi connectivity index (χ0n) is 9.25. The third-order valence-corrected chi connectivity index (χ3v) is 3.31. The second kappa shape index (κ2) is 5.00. The molecule has 0 spiro atoms. The molecule has 0 aliphatic carbocycles. The van der Waals surface area contributed by atoms with Gasteiger partial charge in [-0.2, -0.15) is 0 Å². The first-order chi connectivity index (χ1) is 7.24. The minimum absolute atomic E-state index is 0.825. The zero-order valence-corrected chi connectivity index (χ0v) is 10.0. The Bertz CT molecular complexity index is 307. The molecule has 1 saturated heterocycles. The average molecular weight is 224 g/mol. The van der Waals surface area contributed by atoms with Crippen LogP contribution in [-0.2, 0) is 6.54 Å². The summed E-state index contributed by atoms with van der Waals surface area (Å²) in [5.41, 5.74) is 1.37. The molecule has 1 aliphatic heterocycles. The predicted octanol–water partition coefficient (Wildman–Crippen LogP) is 3.57. The average Bonchev–Trinajstić information content (AvgIpc) is 2.22. The van der Waals surface area contributed by atoms with Gasteiger partial charge in [-0.3, -0.25) is 4.90 Å². The van der Waals surface area contributed by atoms with E-state index in [4.69, 9.17) is 11.6 Å². The summed E-state index contributed by atoms with van der Waals surface area (Å²) in [7, 11) is 0. The molecule has 0 N–H and O–H groups in total. The lowest BCUT2D eigenvalue weighted by molar-refractivity contribution is 0.176. The van der Waals surface area contributed by atoms with E-state index in [1.54, 1.807) is 0 Å². The molecule has 0 bridgehead atoms. The van der Waals surface area contributed by atoms with Crippen LogP contribution < -0.4 is 0 Å². The van der Waals surface area contributed by atoms with Crippen LogP contribution in [0.25, 0.3) is 0 Å². The lowest BCUT2D eigenvalue weighted by Gasteiger charge is -2.30. The number of nitrogens with zero attached hydrogens (tertiary/aromatic N) is 1. The van der Waals surface area contributed by atoms with Crippen LogP contribution in [-0.4, -0.2) is 18.0 Å². The Morgan fingerprint density at radius 1 is 1.33 bits per heavy atom. The highest BCUT2D eigenvalue weighted by atomic mass is 35.5. The number of hydrogen-bond acceptors (Lipinski definition) is 1. The number of piperidine rings is 1. The second-order valence-corrected chi connectivity index (χ2v) is 5.05. The summed E-state index contributed by atoms with van der Waals surface area (Å²) >= 11 is 5.86. The van der Waals surface area contributed by atoms with Crippen molar-refractivity contribution in [3.63, 3.8) is 0 Å². The van der Waals surface area contributed by atoms with Gasteiger partial charge in [0, 0.05) is 18.1 Å². The summed E-state index contributed by atoms with van der Waals surface area (Å²) in [5, 5.41) is 0.825. The molecule has 82 valence electrons. The van der Waals surface area contributed by atoms with Crippen LogP contribution in [0.4, 0.5) is 0 Å². The van der Waals surface area contributed by atoms with E-state index in [2.05, 4.69) is 24.0 Å². The Kier molecular flexibility index (Phi) is 3.66. The lowest BCUT2D eigenvalue weighted by Crippen LogP contribution is -2.33. The predicted molar refractivity (Wildman–Crippen MR) is 65.1 cm³/mol. The molecule has 1 unspecified atom stereocenters. The van der Waals surface area contributed by atoms with Crippen LogP contribution >= 0.6 is 11.6 Å². The van der Waals surface area contributed by atoms with E-state index in [0.717, 1.165) is 17.5 Å². The Morgan fingerprint density at radius 2 is 2.07 bits per heavy atom. The fourth-order valence-corrected chi connectivity index (χ4v) is 2.40. The van der Waals surface area contributed by atoms with Gasteiger partial charge in [-0.05, 0) is 43.0 Å². The SMILES string of the molecule is CC1CCCN(Cc2ccc(Cl)cc2)C1. The molecule has 0 radical (unpaired) electrons. The van der Waals surface area contributed by atoms with E-state index in [9.17, 15) is 0 Å². The van der Waals surface area contributed by atoms with Crippen LogP contribution in [0.15, 0.2) is 24.3 Å². The van der Waals surface area contributed by atoms with Gasteiger partial charge in [0.05, 0.1) is 0 Å². The van der Waals surface area contributed by atoms with Gasteiger partial charge in [0.15, 0.2) is 0 Å². The summed E-state index contributed by atoms with van der Waals surface area (Å²) in [6.45, 7) is 5.89. The van der Waals surface area contributed by atoms with Crippen LogP contribution in [0.5, 0.6) is 0 Å². The van der Waals surface area contributed by atoms with E-state index in [1.807, 2.05) is 12.1 Å². The number of likely N-dealkylation sites (tertiary alicyclic amines) is 1. The van der Waals surface area contributed by atoms with Crippen molar-refractivity contribution >= 4 is 11.6 Å². The van der Waals surface area contributed by atoms with Crippen LogP contribution in [0.1, 0.15) is 25.3 Å². The van der Waals surface area contributed by atoms with Gasteiger partial charge in [-0.15, -0.1) is 0 Å². The zero-order chi connectivity index (χ0) is 10.7. The monoisotopic (exact) mass is 223 g/mol. The van der Waals surface area contributed by atoms with Gasteiger partial charge in [0.2, 0.25) is 0 Å². The lowest BCUT2D eigenvalue weighted by atomic mass is 10.00. The summed E-state index contributed by atoms with van der Waals surface area (Å²) in [6.07, 6.45) is 2.73. The Hall–Kier alpha value is -0.530. The van der Waals surface area contributed by atoms with Crippen LogP contribution in [0.2, 0.25) is 5.02 Å². The van der Waals surface area contributed by atoms with Crippen molar-refractivity contribution in [2.75, 3.05) is 13.1 Å². The molecule has 0 amide bonds. The summed E-state index contributed by atoms with van der Waals surface area (Å²) < 4.78 is 0. The highest BCUT2D eigenvalue weighted by Crippen LogP contribution is 2.18. The van der Waals surface area contributed by atoms with Gasteiger partial charge >= 0.3 is 0 Å². The molecule has 0 saturated carbocycles. The van der Waals surface area contributed by atoms with E-state index in [1.165, 1.54) is 31.5 Å². The van der Waals surface area contributed by atoms with Crippen molar-refractivity contribution in [1.82, 2.24) is 4.90 Å². The minimum atomic E-state index is 0.825. The maximum atomic E-state index is 5.86. The third-order valence-electron chi connectivity index (χ3n) is 3.06. The summed E-state index contributed by atoms with van der Waals surface area (Å²) in [5.74, 6) is 0.853. The molecule has 1 fully saturated rings. The summed E-state index contributed by atoms with van der Waals surface area (Å²) in [4.78, 5) is 2.54. The third kappa shape index (κ3) is 3.22. The molecular weight excluding hydrogens is 206 g/mol. The second-order valence-electron chi connectivity index (χ2n) is 4.61. The molecule has 1 aliphatic rings. The first-order valence-corrected chi connectivity index (χ1v) is 6.08. The van der Waals surface area contributed by atoms with Crippen molar-refractivity contribution in [2.45, 2.75) is 26.3 Å². The van der Waals surface area contributed by atoms with Crippen molar-refractivity contribution < 1.29 is 0 Å². The first kappa shape index (κ1) is 11.0. The number of halogens is 1. The van der Waals surface area contributed by atoms with Crippen molar-refractivity contribution in [3.8, 4) is 0 Å². The molecule has 2 heteroatoms. The quantitative estimate of drug-likeness (QED) is 0.741. The maximum Gasteiger partial charge on any atom is 0.0406 e. The van der Waals surface area contributed by atoms with Crippen LogP contribution in [0, 0.1) is 5.92 Å². The van der Waals surface area contributed by atoms with Crippen molar-refractivity contribution in [3.05, 3.63) is 34.9 Å². The van der Waals surface area contributed by atoms with E-state index in [-0.39, 0.29) is 0 Å². The van der Waals surface area contributed by atoms with Gasteiger partial charge in [0.1, 0.15) is 0 Å². The van der Waals surface area contributed by atoms with Gasteiger partial charge in [-0.25, -0.2) is 0 Å². The maximum absolute atomic E-state index is 5.86. The molecule has 1 atom stereocenters. The highest BCUT2D eigenvalue weighted by Gasteiger charge is 2.15. The van der Waals surface area contributed by atoms with E-state index >= 15 is 0 Å². The standard InChI is InChI=1S/C13H18ClN/c1-11-3-2-8-15(9-11)10-12-4-6-13(14)7-5-12/h4-7,11H,2-3,8-10H2,1H3. The highest BCUT2D eigenvalue weighted by molar-refractivity contribution is 6.30. The number of hydrogen-bond donors (Lipinski definition) is 0. The van der Waals surface area contributed by atoms with Crippen molar-refractivity contribution in [2.24, 2.45) is 5.92 Å². The molecule has 1 aromatic carbocycles. The van der Waals surface area contributed by atoms with Crippen molar-refractivity contribution in [1.29, 1.82) is 0 Å². The van der Waals surface area contributed by atoms with E-state index in [0.29, 0.717) is 0 Å². The largest absolute Gasteiger partial charge is 0.299 e. The fraction of sp³-hybridized carbons (Fsp3) is 0.538. The van der Waals surface area contributed by atoms with Gasteiger partial charge in [-0.1, -0.05) is 30.7 Å². The number of rotatable bonds is 2. The Morgan fingerprint density at radius 3 is 2.73 bits per heavy atom. The molecule has 15 heavy (non-hydrogen) atoms. The number of benzene rings is 1. The Balaban J connectivity index is 1.93. The Labute approximate surface area is 97.0 Å². The molecule has 1 aromatic rings. The molecule has 1 heterocycles. The smallest absolute Gasteiger partial charge is 0.0406 e. The topological polar surface area (TPSA) is 3.24 Å². The fourth-order valence-electron chi connectivity index (χ4n) is 2.28. The first-order valence-electron chi connectivity index (χ1n) is 5.71. The van der Waals surface area contributed by atoms with Crippen LogP contribution in [0.3, 0.4) is 0 Å². The van der Waals surface area contributed by atoms with Gasteiger partial charge < -0.3 is 0 Å². The molecule has 2 rings (SSSR count). The normalized spacial score (nSPS) is 22.9.